The van der Waals surface area contributed by atoms with Gasteiger partial charge >= 0.3 is 6.01 Å². The maximum absolute atomic E-state index is 13.0. The topological polar surface area (TPSA) is 115 Å². The zero-order valence-corrected chi connectivity index (χ0v) is 18.8. The molecule has 3 heterocycles. The van der Waals surface area contributed by atoms with Crippen LogP contribution in [-0.2, 0) is 14.8 Å². The minimum atomic E-state index is -3.84. The molecule has 31 heavy (non-hydrogen) atoms. The van der Waals surface area contributed by atoms with Crippen LogP contribution >= 0.6 is 22.9 Å². The molecule has 4 rings (SSSR count). The number of nitrogens with one attached hydrogen (secondary N) is 1. The van der Waals surface area contributed by atoms with Gasteiger partial charge in [-0.1, -0.05) is 23.1 Å². The number of methoxy groups -OCH3 is 1. The lowest BCUT2D eigenvalue weighted by Gasteiger charge is -2.32. The third-order valence-corrected chi connectivity index (χ3v) is 8.47. The van der Waals surface area contributed by atoms with Gasteiger partial charge in [0.05, 0.1) is 11.4 Å². The van der Waals surface area contributed by atoms with E-state index in [1.165, 1.54) is 16.4 Å². The molecule has 0 aliphatic carbocycles. The van der Waals surface area contributed by atoms with Crippen molar-refractivity contribution in [2.75, 3.05) is 19.0 Å². The molecule has 1 N–H and O–H groups in total. The van der Waals surface area contributed by atoms with Gasteiger partial charge < -0.3 is 9.15 Å². The number of aromatic nitrogens is 2. The predicted molar refractivity (Wildman–Crippen MR) is 116 cm³/mol. The van der Waals surface area contributed by atoms with Gasteiger partial charge in [0.15, 0.2) is 0 Å². The number of thiophene rings is 1. The standard InChI is InChI=1S/C19H19ClN4O5S2/c1-28-13-7-5-12(6-8-13)18-22-23-19(29-18)21-17(25)14-4-2-3-11-24(14)31(26,27)16-10-9-15(20)30-16/h5-10,14H,2-4,11H2,1H3,(H,21,23,25). The van der Waals surface area contributed by atoms with Crippen LogP contribution < -0.4 is 10.1 Å². The third kappa shape index (κ3) is 4.59. The average molecular weight is 483 g/mol. The van der Waals surface area contributed by atoms with Crippen LogP contribution in [0.15, 0.2) is 45.0 Å². The summed E-state index contributed by atoms with van der Waals surface area (Å²) in [5.41, 5.74) is 0.658. The first-order valence-electron chi connectivity index (χ1n) is 9.44. The van der Waals surface area contributed by atoms with E-state index >= 15 is 0 Å². The fourth-order valence-corrected chi connectivity index (χ4v) is 6.59. The first-order chi connectivity index (χ1) is 14.9. The van der Waals surface area contributed by atoms with Gasteiger partial charge in [-0.2, -0.15) is 4.31 Å². The zero-order valence-electron chi connectivity index (χ0n) is 16.4. The third-order valence-electron chi connectivity index (χ3n) is 4.86. The van der Waals surface area contributed by atoms with E-state index in [0.29, 0.717) is 28.5 Å². The average Bonchev–Trinajstić information content (AvgIpc) is 3.43. The minimum absolute atomic E-state index is 0.0992. The molecule has 1 aromatic carbocycles. The highest BCUT2D eigenvalue weighted by Crippen LogP contribution is 2.32. The Morgan fingerprint density at radius 1 is 1.23 bits per heavy atom. The van der Waals surface area contributed by atoms with E-state index in [9.17, 15) is 13.2 Å². The van der Waals surface area contributed by atoms with E-state index < -0.39 is 22.0 Å². The van der Waals surface area contributed by atoms with Gasteiger partial charge in [0.1, 0.15) is 16.0 Å². The Bertz CT molecular complexity index is 1180. The van der Waals surface area contributed by atoms with Gasteiger partial charge in [-0.25, -0.2) is 8.42 Å². The lowest BCUT2D eigenvalue weighted by molar-refractivity contribution is -0.120. The smallest absolute Gasteiger partial charge is 0.322 e. The number of hydrogen-bond acceptors (Lipinski definition) is 8. The molecule has 1 aliphatic heterocycles. The van der Waals surface area contributed by atoms with Crippen molar-refractivity contribution in [2.45, 2.75) is 29.5 Å². The predicted octanol–water partition coefficient (Wildman–Crippen LogP) is 3.64. The van der Waals surface area contributed by atoms with Gasteiger partial charge in [-0.3, -0.25) is 10.1 Å². The number of piperidine rings is 1. The largest absolute Gasteiger partial charge is 0.497 e. The van der Waals surface area contributed by atoms with Crippen LogP contribution in [0.2, 0.25) is 4.34 Å². The SMILES string of the molecule is COc1ccc(-c2nnc(NC(=O)C3CCCCN3S(=O)(=O)c3ccc(Cl)s3)o2)cc1. The van der Waals surface area contributed by atoms with Crippen molar-refractivity contribution in [3.8, 4) is 17.2 Å². The number of amides is 1. The van der Waals surface area contributed by atoms with E-state index in [4.69, 9.17) is 20.8 Å². The molecule has 2 aromatic heterocycles. The van der Waals surface area contributed by atoms with Crippen molar-refractivity contribution in [3.63, 3.8) is 0 Å². The Morgan fingerprint density at radius 2 is 2.00 bits per heavy atom. The van der Waals surface area contributed by atoms with Crippen LogP contribution in [-0.4, -0.2) is 48.5 Å². The number of carbonyl (C=O) groups excluding carboxylic acids is 1. The minimum Gasteiger partial charge on any atom is -0.497 e. The van der Waals surface area contributed by atoms with Crippen molar-refractivity contribution in [1.29, 1.82) is 0 Å². The molecule has 1 aliphatic rings. The highest BCUT2D eigenvalue weighted by atomic mass is 35.5. The second-order valence-corrected chi connectivity index (χ2v) is 10.6. The Morgan fingerprint density at radius 3 is 2.68 bits per heavy atom. The molecule has 12 heteroatoms. The van der Waals surface area contributed by atoms with Crippen LogP contribution in [0.3, 0.4) is 0 Å². The molecule has 164 valence electrons. The molecular weight excluding hydrogens is 464 g/mol. The van der Waals surface area contributed by atoms with E-state index in [1.54, 1.807) is 31.4 Å². The molecule has 1 unspecified atom stereocenters. The Labute approximate surface area is 188 Å². The van der Waals surface area contributed by atoms with Crippen LogP contribution in [0.1, 0.15) is 19.3 Å². The number of halogens is 1. The van der Waals surface area contributed by atoms with Gasteiger partial charge in [0.25, 0.3) is 10.0 Å². The lowest BCUT2D eigenvalue weighted by Crippen LogP contribution is -2.49. The first kappa shape index (κ1) is 21.8. The normalized spacial score (nSPS) is 17.4. The van der Waals surface area contributed by atoms with Crippen molar-refractivity contribution < 1.29 is 22.4 Å². The van der Waals surface area contributed by atoms with Crippen LogP contribution in [0.4, 0.5) is 6.01 Å². The van der Waals surface area contributed by atoms with Crippen molar-refractivity contribution in [1.82, 2.24) is 14.5 Å². The Hall–Kier alpha value is -2.47. The Kier molecular flexibility index (Phi) is 6.28. The van der Waals surface area contributed by atoms with E-state index in [1.807, 2.05) is 0 Å². The fraction of sp³-hybridized carbons (Fsp3) is 0.316. The monoisotopic (exact) mass is 482 g/mol. The summed E-state index contributed by atoms with van der Waals surface area (Å²) in [6.07, 6.45) is 1.80. The van der Waals surface area contributed by atoms with Gasteiger partial charge in [0.2, 0.25) is 11.8 Å². The maximum atomic E-state index is 13.0. The van der Waals surface area contributed by atoms with Crippen LogP contribution in [0, 0.1) is 0 Å². The number of hydrogen-bond donors (Lipinski definition) is 1. The number of rotatable bonds is 6. The van der Waals surface area contributed by atoms with Crippen molar-refractivity contribution in [2.24, 2.45) is 0 Å². The highest BCUT2D eigenvalue weighted by molar-refractivity contribution is 7.91. The summed E-state index contributed by atoms with van der Waals surface area (Å²) >= 11 is 6.87. The quantitative estimate of drug-likeness (QED) is 0.570. The Balaban J connectivity index is 1.51. The number of ether oxygens (including phenoxy) is 1. The second kappa shape index (κ2) is 8.95. The summed E-state index contributed by atoms with van der Waals surface area (Å²) in [5.74, 6) is 0.387. The fourth-order valence-electron chi connectivity index (χ4n) is 3.32. The molecular formula is C19H19ClN4O5S2. The van der Waals surface area contributed by atoms with Crippen molar-refractivity contribution in [3.05, 3.63) is 40.7 Å². The molecule has 0 radical (unpaired) electrons. The highest BCUT2D eigenvalue weighted by Gasteiger charge is 2.38. The van der Waals surface area contributed by atoms with Crippen molar-refractivity contribution >= 4 is 44.9 Å². The van der Waals surface area contributed by atoms with Gasteiger partial charge in [-0.05, 0) is 49.2 Å². The summed E-state index contributed by atoms with van der Waals surface area (Å²) in [4.78, 5) is 12.9. The second-order valence-electron chi connectivity index (χ2n) is 6.82. The molecule has 1 atom stereocenters. The number of carbonyl (C=O) groups is 1. The number of anilines is 1. The van der Waals surface area contributed by atoms with E-state index in [2.05, 4.69) is 15.5 Å². The maximum Gasteiger partial charge on any atom is 0.322 e. The number of benzene rings is 1. The van der Waals surface area contributed by atoms with E-state index in [0.717, 1.165) is 17.8 Å². The zero-order chi connectivity index (χ0) is 22.0. The summed E-state index contributed by atoms with van der Waals surface area (Å²) in [6, 6.07) is 8.99. The van der Waals surface area contributed by atoms with Crippen LogP contribution in [0.5, 0.6) is 5.75 Å². The molecule has 1 fully saturated rings. The van der Waals surface area contributed by atoms with Gasteiger partial charge in [-0.15, -0.1) is 16.4 Å². The number of sulfonamides is 1. The molecule has 9 nitrogen and oxygen atoms in total. The summed E-state index contributed by atoms with van der Waals surface area (Å²) in [5, 5.41) is 10.3. The summed E-state index contributed by atoms with van der Waals surface area (Å²) in [6.45, 7) is 0.247. The molecule has 0 bridgehead atoms. The lowest BCUT2D eigenvalue weighted by atomic mass is 10.0. The van der Waals surface area contributed by atoms with E-state index in [-0.39, 0.29) is 22.7 Å². The molecule has 1 amide bonds. The molecule has 3 aromatic rings. The summed E-state index contributed by atoms with van der Waals surface area (Å²) < 4.78 is 38.4. The van der Waals surface area contributed by atoms with Gasteiger partial charge in [0, 0.05) is 12.1 Å². The molecule has 1 saturated heterocycles. The molecule has 0 spiro atoms. The first-order valence-corrected chi connectivity index (χ1v) is 12.1. The molecule has 0 saturated carbocycles. The summed E-state index contributed by atoms with van der Waals surface area (Å²) in [7, 11) is -2.28. The van der Waals surface area contributed by atoms with Crippen LogP contribution in [0.25, 0.3) is 11.5 Å². The number of nitrogens with zero attached hydrogens (tertiary/aromatic N) is 3.